The van der Waals surface area contributed by atoms with Crippen LogP contribution in [-0.4, -0.2) is 19.5 Å². The SMILES string of the molecule is CCOC(C)OCCc1ccccc1. The fraction of sp³-hybridized carbons (Fsp3) is 0.500. The Balaban J connectivity index is 2.16. The Morgan fingerprint density at radius 3 is 2.50 bits per heavy atom. The van der Waals surface area contributed by atoms with Gasteiger partial charge < -0.3 is 9.47 Å². The molecular weight excluding hydrogens is 176 g/mol. The van der Waals surface area contributed by atoms with Crippen LogP contribution in [0, 0.1) is 0 Å². The summed E-state index contributed by atoms with van der Waals surface area (Å²) >= 11 is 0. The predicted molar refractivity (Wildman–Crippen MR) is 57.2 cm³/mol. The second kappa shape index (κ2) is 6.57. The van der Waals surface area contributed by atoms with E-state index in [1.807, 2.05) is 32.0 Å². The number of hydrogen-bond donors (Lipinski definition) is 0. The molecule has 1 unspecified atom stereocenters. The zero-order valence-electron chi connectivity index (χ0n) is 8.90. The average Bonchev–Trinajstić information content (AvgIpc) is 2.20. The van der Waals surface area contributed by atoms with Crippen LogP contribution in [0.25, 0.3) is 0 Å². The zero-order chi connectivity index (χ0) is 10.2. The summed E-state index contributed by atoms with van der Waals surface area (Å²) in [5.74, 6) is 0. The van der Waals surface area contributed by atoms with Crippen molar-refractivity contribution < 1.29 is 9.47 Å². The van der Waals surface area contributed by atoms with E-state index in [9.17, 15) is 0 Å². The lowest BCUT2D eigenvalue weighted by atomic mass is 10.2. The third-order valence-electron chi connectivity index (χ3n) is 1.99. The molecule has 0 aliphatic rings. The first-order valence-electron chi connectivity index (χ1n) is 5.10. The van der Waals surface area contributed by atoms with Gasteiger partial charge in [0.2, 0.25) is 0 Å². The van der Waals surface area contributed by atoms with Crippen molar-refractivity contribution in [3.8, 4) is 0 Å². The fourth-order valence-electron chi connectivity index (χ4n) is 1.27. The van der Waals surface area contributed by atoms with Crippen molar-refractivity contribution in [3.05, 3.63) is 35.9 Å². The van der Waals surface area contributed by atoms with Crippen molar-refractivity contribution in [2.45, 2.75) is 26.6 Å². The molecule has 1 rings (SSSR count). The Kier molecular flexibility index (Phi) is 5.27. The second-order valence-electron chi connectivity index (χ2n) is 3.13. The molecule has 0 N–H and O–H groups in total. The van der Waals surface area contributed by atoms with Crippen LogP contribution in [0.1, 0.15) is 19.4 Å². The van der Waals surface area contributed by atoms with Crippen molar-refractivity contribution in [1.82, 2.24) is 0 Å². The van der Waals surface area contributed by atoms with Crippen molar-refractivity contribution >= 4 is 0 Å². The summed E-state index contributed by atoms with van der Waals surface area (Å²) in [5.41, 5.74) is 1.30. The second-order valence-corrected chi connectivity index (χ2v) is 3.13. The molecular formula is C12H18O2. The van der Waals surface area contributed by atoms with Crippen LogP contribution in [0.5, 0.6) is 0 Å². The monoisotopic (exact) mass is 194 g/mol. The van der Waals surface area contributed by atoms with Gasteiger partial charge in [-0.15, -0.1) is 0 Å². The minimum Gasteiger partial charge on any atom is -0.353 e. The molecule has 0 aliphatic heterocycles. The van der Waals surface area contributed by atoms with Gasteiger partial charge in [-0.05, 0) is 25.8 Å². The molecule has 0 bridgehead atoms. The maximum atomic E-state index is 5.46. The van der Waals surface area contributed by atoms with Gasteiger partial charge in [-0.3, -0.25) is 0 Å². The molecule has 1 atom stereocenters. The van der Waals surface area contributed by atoms with Crippen molar-refractivity contribution in [2.24, 2.45) is 0 Å². The third-order valence-corrected chi connectivity index (χ3v) is 1.99. The van der Waals surface area contributed by atoms with Crippen LogP contribution in [0.2, 0.25) is 0 Å². The molecule has 0 aromatic heterocycles. The van der Waals surface area contributed by atoms with E-state index >= 15 is 0 Å². The number of rotatable bonds is 6. The molecule has 1 aromatic carbocycles. The Labute approximate surface area is 85.8 Å². The Hall–Kier alpha value is -0.860. The van der Waals surface area contributed by atoms with Gasteiger partial charge in [0.1, 0.15) is 0 Å². The van der Waals surface area contributed by atoms with E-state index in [1.165, 1.54) is 5.56 Å². The van der Waals surface area contributed by atoms with Gasteiger partial charge in [0.05, 0.1) is 6.61 Å². The van der Waals surface area contributed by atoms with Crippen LogP contribution in [0.4, 0.5) is 0 Å². The van der Waals surface area contributed by atoms with Crippen LogP contribution in [0.3, 0.4) is 0 Å². The molecule has 0 amide bonds. The normalized spacial score (nSPS) is 12.7. The lowest BCUT2D eigenvalue weighted by molar-refractivity contribution is -0.126. The van der Waals surface area contributed by atoms with E-state index in [0.717, 1.165) is 6.42 Å². The van der Waals surface area contributed by atoms with E-state index in [2.05, 4.69) is 12.1 Å². The van der Waals surface area contributed by atoms with E-state index < -0.39 is 0 Å². The highest BCUT2D eigenvalue weighted by Crippen LogP contribution is 2.01. The molecule has 0 radical (unpaired) electrons. The van der Waals surface area contributed by atoms with Gasteiger partial charge >= 0.3 is 0 Å². The summed E-state index contributed by atoms with van der Waals surface area (Å²) < 4.78 is 10.7. The van der Waals surface area contributed by atoms with Crippen molar-refractivity contribution in [2.75, 3.05) is 13.2 Å². The van der Waals surface area contributed by atoms with Crippen LogP contribution in [-0.2, 0) is 15.9 Å². The van der Waals surface area contributed by atoms with Crippen LogP contribution < -0.4 is 0 Å². The molecule has 0 heterocycles. The first-order chi connectivity index (χ1) is 6.83. The number of benzene rings is 1. The Bertz CT molecular complexity index is 233. The Morgan fingerprint density at radius 1 is 1.14 bits per heavy atom. The lowest BCUT2D eigenvalue weighted by Gasteiger charge is -2.12. The van der Waals surface area contributed by atoms with Gasteiger partial charge in [0.15, 0.2) is 6.29 Å². The third kappa shape index (κ3) is 4.40. The summed E-state index contributed by atoms with van der Waals surface area (Å²) in [6, 6.07) is 10.3. The Morgan fingerprint density at radius 2 is 1.86 bits per heavy atom. The molecule has 0 spiro atoms. The first kappa shape index (κ1) is 11.2. The van der Waals surface area contributed by atoms with Gasteiger partial charge in [-0.25, -0.2) is 0 Å². The predicted octanol–water partition coefficient (Wildman–Crippen LogP) is 2.63. The summed E-state index contributed by atoms with van der Waals surface area (Å²) in [4.78, 5) is 0. The molecule has 0 fully saturated rings. The van der Waals surface area contributed by atoms with Crippen molar-refractivity contribution in [1.29, 1.82) is 0 Å². The summed E-state index contributed by atoms with van der Waals surface area (Å²) in [7, 11) is 0. The largest absolute Gasteiger partial charge is 0.353 e. The fourth-order valence-corrected chi connectivity index (χ4v) is 1.27. The maximum Gasteiger partial charge on any atom is 0.154 e. The topological polar surface area (TPSA) is 18.5 Å². The maximum absolute atomic E-state index is 5.46. The van der Waals surface area contributed by atoms with Gasteiger partial charge in [-0.2, -0.15) is 0 Å². The zero-order valence-corrected chi connectivity index (χ0v) is 8.90. The van der Waals surface area contributed by atoms with Crippen LogP contribution >= 0.6 is 0 Å². The summed E-state index contributed by atoms with van der Waals surface area (Å²) in [5, 5.41) is 0. The van der Waals surface area contributed by atoms with E-state index in [-0.39, 0.29) is 6.29 Å². The average molecular weight is 194 g/mol. The van der Waals surface area contributed by atoms with Gasteiger partial charge in [0.25, 0.3) is 0 Å². The minimum absolute atomic E-state index is 0.0938. The highest BCUT2D eigenvalue weighted by atomic mass is 16.7. The van der Waals surface area contributed by atoms with Gasteiger partial charge in [0, 0.05) is 6.61 Å². The quantitative estimate of drug-likeness (QED) is 0.648. The van der Waals surface area contributed by atoms with Crippen LogP contribution in [0.15, 0.2) is 30.3 Å². The lowest BCUT2D eigenvalue weighted by Crippen LogP contribution is -2.14. The summed E-state index contributed by atoms with van der Waals surface area (Å²) in [6.07, 6.45) is 0.849. The number of ether oxygens (including phenoxy) is 2. The minimum atomic E-state index is -0.0938. The van der Waals surface area contributed by atoms with Crippen molar-refractivity contribution in [3.63, 3.8) is 0 Å². The van der Waals surface area contributed by atoms with E-state index in [1.54, 1.807) is 0 Å². The molecule has 1 aromatic rings. The summed E-state index contributed by atoms with van der Waals surface area (Å²) in [6.45, 7) is 5.31. The highest BCUT2D eigenvalue weighted by Gasteiger charge is 1.99. The molecule has 0 aliphatic carbocycles. The first-order valence-corrected chi connectivity index (χ1v) is 5.10. The molecule has 0 saturated heterocycles. The molecule has 14 heavy (non-hydrogen) atoms. The number of hydrogen-bond acceptors (Lipinski definition) is 2. The highest BCUT2D eigenvalue weighted by molar-refractivity contribution is 5.14. The molecule has 78 valence electrons. The smallest absolute Gasteiger partial charge is 0.154 e. The van der Waals surface area contributed by atoms with Gasteiger partial charge in [-0.1, -0.05) is 30.3 Å². The van der Waals surface area contributed by atoms with E-state index in [4.69, 9.17) is 9.47 Å². The molecule has 2 heteroatoms. The molecule has 0 saturated carbocycles. The standard InChI is InChI=1S/C12H18O2/c1-3-13-11(2)14-10-9-12-7-5-4-6-8-12/h4-8,11H,3,9-10H2,1-2H3. The van der Waals surface area contributed by atoms with E-state index in [0.29, 0.717) is 13.2 Å². The molecule has 2 nitrogen and oxygen atoms in total.